The number of benzene rings is 1. The van der Waals surface area contributed by atoms with E-state index in [0.717, 1.165) is 49.7 Å². The lowest BCUT2D eigenvalue weighted by atomic mass is 10.1. The molecule has 0 N–H and O–H groups in total. The van der Waals surface area contributed by atoms with Crippen molar-refractivity contribution in [3.8, 4) is 0 Å². The molecule has 2 heterocycles. The second-order valence-electron chi connectivity index (χ2n) is 6.10. The number of nitrogens with zero attached hydrogens (tertiary/aromatic N) is 4. The summed E-state index contributed by atoms with van der Waals surface area (Å²) in [6, 6.07) is 10.4. The van der Waals surface area contributed by atoms with Gasteiger partial charge in [0.1, 0.15) is 5.82 Å². The molecule has 0 saturated carbocycles. The number of hydrogen-bond acceptors (Lipinski definition) is 4. The van der Waals surface area contributed by atoms with Gasteiger partial charge in [-0.1, -0.05) is 30.3 Å². The van der Waals surface area contributed by atoms with E-state index in [-0.39, 0.29) is 0 Å². The predicted octanol–water partition coefficient (Wildman–Crippen LogP) is 2.84. The second kappa shape index (κ2) is 7.38. The van der Waals surface area contributed by atoms with Crippen LogP contribution in [-0.4, -0.2) is 45.6 Å². The van der Waals surface area contributed by atoms with E-state index in [0.29, 0.717) is 6.10 Å². The predicted molar refractivity (Wildman–Crippen MR) is 92.9 cm³/mol. The fourth-order valence-corrected chi connectivity index (χ4v) is 3.36. The zero-order valence-corrected chi connectivity index (χ0v) is 14.6. The van der Waals surface area contributed by atoms with Crippen molar-refractivity contribution in [2.24, 2.45) is 0 Å². The molecule has 5 nitrogen and oxygen atoms in total. The quantitative estimate of drug-likeness (QED) is 0.789. The smallest absolute Gasteiger partial charge is 0.199 e. The lowest BCUT2D eigenvalue weighted by Crippen LogP contribution is -2.38. The average Bonchev–Trinajstić information content (AvgIpc) is 2.84. The molecule has 1 saturated heterocycles. The molecule has 0 amide bonds. The largest absolute Gasteiger partial charge is 0.381 e. The van der Waals surface area contributed by atoms with Gasteiger partial charge < -0.3 is 4.74 Å². The van der Waals surface area contributed by atoms with Gasteiger partial charge >= 0.3 is 0 Å². The number of likely N-dealkylation sites (tertiary alicyclic amines) is 1. The van der Waals surface area contributed by atoms with Crippen LogP contribution >= 0.6 is 12.2 Å². The van der Waals surface area contributed by atoms with Gasteiger partial charge in [0.25, 0.3) is 0 Å². The molecule has 3 rings (SSSR count). The molecule has 0 unspecified atom stereocenters. The zero-order valence-electron chi connectivity index (χ0n) is 13.8. The van der Waals surface area contributed by atoms with E-state index < -0.39 is 0 Å². The second-order valence-corrected chi connectivity index (χ2v) is 6.46. The van der Waals surface area contributed by atoms with E-state index in [9.17, 15) is 0 Å². The number of piperidine rings is 1. The van der Waals surface area contributed by atoms with Gasteiger partial charge in [0.05, 0.1) is 19.3 Å². The van der Waals surface area contributed by atoms with Gasteiger partial charge in [0.15, 0.2) is 4.77 Å². The van der Waals surface area contributed by atoms with Crippen molar-refractivity contribution in [3.63, 3.8) is 0 Å². The molecule has 1 aliphatic rings. The topological polar surface area (TPSA) is 35.2 Å². The summed E-state index contributed by atoms with van der Waals surface area (Å²) in [6.07, 6.45) is 2.55. The van der Waals surface area contributed by atoms with Crippen molar-refractivity contribution in [3.05, 3.63) is 46.5 Å². The molecule has 1 fully saturated rings. The van der Waals surface area contributed by atoms with Crippen LogP contribution in [0.5, 0.6) is 0 Å². The summed E-state index contributed by atoms with van der Waals surface area (Å²) in [5.41, 5.74) is 1.24. The molecule has 0 atom stereocenters. The first-order valence-electron chi connectivity index (χ1n) is 8.10. The molecular weight excluding hydrogens is 308 g/mol. The van der Waals surface area contributed by atoms with Gasteiger partial charge in [-0.15, -0.1) is 0 Å². The van der Waals surface area contributed by atoms with Gasteiger partial charge in [-0.3, -0.25) is 9.47 Å². The first-order chi connectivity index (χ1) is 11.2. The van der Waals surface area contributed by atoms with Crippen LogP contribution < -0.4 is 0 Å². The Labute approximate surface area is 142 Å². The fraction of sp³-hybridized carbons (Fsp3) is 0.529. The van der Waals surface area contributed by atoms with Crippen molar-refractivity contribution >= 4 is 12.2 Å². The van der Waals surface area contributed by atoms with Gasteiger partial charge in [-0.05, 0) is 37.5 Å². The summed E-state index contributed by atoms with van der Waals surface area (Å²) in [5.74, 6) is 0.964. The van der Waals surface area contributed by atoms with Crippen LogP contribution in [0.4, 0.5) is 0 Å². The molecule has 0 aliphatic carbocycles. The van der Waals surface area contributed by atoms with Crippen LogP contribution in [0.25, 0.3) is 0 Å². The van der Waals surface area contributed by atoms with E-state index >= 15 is 0 Å². The standard InChI is InChI=1S/C17H24N4OS/c1-14-18-21(13-19-10-8-16(22-2)9-11-19)17(23)20(14)12-15-6-4-3-5-7-15/h3-7,16H,8-13H2,1-2H3. The summed E-state index contributed by atoms with van der Waals surface area (Å²) in [7, 11) is 1.80. The number of aryl methyl sites for hydroxylation is 1. The van der Waals surface area contributed by atoms with Crippen LogP contribution in [-0.2, 0) is 18.0 Å². The zero-order chi connectivity index (χ0) is 16.2. The Bertz CT molecular complexity index is 686. The third-order valence-electron chi connectivity index (χ3n) is 4.49. The van der Waals surface area contributed by atoms with Crippen molar-refractivity contribution in [1.82, 2.24) is 19.2 Å². The van der Waals surface area contributed by atoms with Crippen molar-refractivity contribution in [2.45, 2.75) is 39.1 Å². The molecule has 1 aromatic carbocycles. The van der Waals surface area contributed by atoms with Crippen LogP contribution in [0.15, 0.2) is 30.3 Å². The van der Waals surface area contributed by atoms with Crippen molar-refractivity contribution in [1.29, 1.82) is 0 Å². The molecule has 6 heteroatoms. The Balaban J connectivity index is 1.70. The maximum absolute atomic E-state index is 5.64. The highest BCUT2D eigenvalue weighted by Gasteiger charge is 2.19. The fourth-order valence-electron chi connectivity index (χ4n) is 3.07. The van der Waals surface area contributed by atoms with Crippen LogP contribution in [0.1, 0.15) is 24.2 Å². The summed E-state index contributed by atoms with van der Waals surface area (Å²) in [4.78, 5) is 2.39. The molecule has 0 spiro atoms. The van der Waals surface area contributed by atoms with Gasteiger partial charge in [0, 0.05) is 20.2 Å². The van der Waals surface area contributed by atoms with Crippen LogP contribution in [0.2, 0.25) is 0 Å². The first-order valence-corrected chi connectivity index (χ1v) is 8.51. The normalized spacial score (nSPS) is 16.8. The minimum absolute atomic E-state index is 0.400. The molecule has 1 aliphatic heterocycles. The van der Waals surface area contributed by atoms with E-state index in [1.54, 1.807) is 7.11 Å². The number of aromatic nitrogens is 3. The van der Waals surface area contributed by atoms with Gasteiger partial charge in [0.2, 0.25) is 0 Å². The lowest BCUT2D eigenvalue weighted by molar-refractivity contribution is 0.0301. The van der Waals surface area contributed by atoms with E-state index in [1.165, 1.54) is 5.56 Å². The monoisotopic (exact) mass is 332 g/mol. The molecule has 124 valence electrons. The molecular formula is C17H24N4OS. The van der Waals surface area contributed by atoms with E-state index in [1.807, 2.05) is 17.7 Å². The third-order valence-corrected chi connectivity index (χ3v) is 4.92. The highest BCUT2D eigenvalue weighted by atomic mass is 32.1. The number of methoxy groups -OCH3 is 1. The Morgan fingerprint density at radius 3 is 2.57 bits per heavy atom. The first kappa shape index (κ1) is 16.4. The lowest BCUT2D eigenvalue weighted by Gasteiger charge is -2.30. The summed E-state index contributed by atoms with van der Waals surface area (Å²) >= 11 is 5.64. The number of rotatable bonds is 5. The minimum Gasteiger partial charge on any atom is -0.381 e. The summed E-state index contributed by atoms with van der Waals surface area (Å²) in [5, 5.41) is 4.64. The SMILES string of the molecule is COC1CCN(Cn2nc(C)n(Cc3ccccc3)c2=S)CC1. The highest BCUT2D eigenvalue weighted by Crippen LogP contribution is 2.14. The Hall–Kier alpha value is -1.50. The average molecular weight is 332 g/mol. The number of hydrogen-bond donors (Lipinski definition) is 0. The molecule has 2 aromatic rings. The minimum atomic E-state index is 0.400. The van der Waals surface area contributed by atoms with E-state index in [4.69, 9.17) is 17.0 Å². The number of ether oxygens (including phenoxy) is 1. The molecule has 0 radical (unpaired) electrons. The maximum atomic E-state index is 5.64. The summed E-state index contributed by atoms with van der Waals surface area (Å²) in [6.45, 7) is 5.62. The molecule has 23 heavy (non-hydrogen) atoms. The van der Waals surface area contributed by atoms with E-state index in [2.05, 4.69) is 38.8 Å². The summed E-state index contributed by atoms with van der Waals surface area (Å²) < 4.78 is 10.3. The Kier molecular flexibility index (Phi) is 5.25. The third kappa shape index (κ3) is 3.88. The molecule has 1 aromatic heterocycles. The van der Waals surface area contributed by atoms with Crippen molar-refractivity contribution in [2.75, 3.05) is 20.2 Å². The molecule has 0 bridgehead atoms. The Morgan fingerprint density at radius 2 is 1.91 bits per heavy atom. The van der Waals surface area contributed by atoms with Gasteiger partial charge in [-0.25, -0.2) is 4.68 Å². The van der Waals surface area contributed by atoms with Crippen LogP contribution in [0, 0.1) is 11.7 Å². The van der Waals surface area contributed by atoms with Crippen molar-refractivity contribution < 1.29 is 4.74 Å². The maximum Gasteiger partial charge on any atom is 0.199 e. The highest BCUT2D eigenvalue weighted by molar-refractivity contribution is 7.71. The Morgan fingerprint density at radius 1 is 1.22 bits per heavy atom. The van der Waals surface area contributed by atoms with Gasteiger partial charge in [-0.2, -0.15) is 5.10 Å². The van der Waals surface area contributed by atoms with Crippen LogP contribution in [0.3, 0.4) is 0 Å².